The van der Waals surface area contributed by atoms with Gasteiger partial charge in [-0.15, -0.1) is 0 Å². The number of anilines is 1. The summed E-state index contributed by atoms with van der Waals surface area (Å²) in [5, 5.41) is 0. The Hall–Kier alpha value is -1.81. The summed E-state index contributed by atoms with van der Waals surface area (Å²) in [5.41, 5.74) is 7.12. The molecule has 0 atom stereocenters. The number of halogens is 1. The van der Waals surface area contributed by atoms with Crippen molar-refractivity contribution >= 4 is 5.69 Å². The number of benzene rings is 1. The first-order chi connectivity index (χ1) is 8.58. The lowest BCUT2D eigenvalue weighted by molar-refractivity contribution is 0.481. The Balaban J connectivity index is 2.17. The van der Waals surface area contributed by atoms with E-state index >= 15 is 0 Å². The van der Waals surface area contributed by atoms with Crippen molar-refractivity contribution in [2.45, 2.75) is 20.0 Å². The molecule has 0 amide bonds. The average Bonchev–Trinajstić information content (AvgIpc) is 2.73. The maximum absolute atomic E-state index is 13.4. The van der Waals surface area contributed by atoms with Gasteiger partial charge in [0.2, 0.25) is 0 Å². The molecular weight excluding hydrogens is 231 g/mol. The average molecular weight is 248 g/mol. The highest BCUT2D eigenvalue weighted by Crippen LogP contribution is 2.20. The van der Waals surface area contributed by atoms with Gasteiger partial charge in [0.15, 0.2) is 0 Å². The fourth-order valence-corrected chi connectivity index (χ4v) is 1.87. The molecule has 2 N–H and O–H groups in total. The first-order valence-electron chi connectivity index (χ1n) is 5.84. The fraction of sp³-hybridized carbons (Fsp3) is 0.286. The van der Waals surface area contributed by atoms with Crippen molar-refractivity contribution in [1.82, 2.24) is 0 Å². The third-order valence-corrected chi connectivity index (χ3v) is 2.81. The molecule has 1 aromatic carbocycles. The predicted octanol–water partition coefficient (Wildman–Crippen LogP) is 2.82. The number of rotatable bonds is 4. The number of hydrogen-bond acceptors (Lipinski definition) is 3. The standard InChI is InChI=1S/C14H17FN2O/c1-10-3-4-14(18-10)9-17(2)13-6-11(8-16)5-12(15)7-13/h3-7H,8-9,16H2,1-2H3. The summed E-state index contributed by atoms with van der Waals surface area (Å²) < 4.78 is 18.9. The second-order valence-corrected chi connectivity index (χ2v) is 4.39. The predicted molar refractivity (Wildman–Crippen MR) is 69.8 cm³/mol. The van der Waals surface area contributed by atoms with E-state index in [0.29, 0.717) is 13.1 Å². The summed E-state index contributed by atoms with van der Waals surface area (Å²) in [6.07, 6.45) is 0. The molecule has 1 aromatic heterocycles. The van der Waals surface area contributed by atoms with Crippen LogP contribution in [0.5, 0.6) is 0 Å². The first-order valence-corrected chi connectivity index (χ1v) is 5.84. The van der Waals surface area contributed by atoms with E-state index in [-0.39, 0.29) is 5.82 Å². The molecular formula is C14H17FN2O. The van der Waals surface area contributed by atoms with Crippen molar-refractivity contribution in [2.24, 2.45) is 5.73 Å². The van der Waals surface area contributed by atoms with Crippen LogP contribution in [0.15, 0.2) is 34.7 Å². The van der Waals surface area contributed by atoms with Crippen LogP contribution in [0.3, 0.4) is 0 Å². The Morgan fingerprint density at radius 1 is 1.28 bits per heavy atom. The largest absolute Gasteiger partial charge is 0.464 e. The molecule has 18 heavy (non-hydrogen) atoms. The summed E-state index contributed by atoms with van der Waals surface area (Å²) in [6.45, 7) is 2.83. The summed E-state index contributed by atoms with van der Waals surface area (Å²) >= 11 is 0. The van der Waals surface area contributed by atoms with Gasteiger partial charge in [0, 0.05) is 19.3 Å². The van der Waals surface area contributed by atoms with Gasteiger partial charge in [0.25, 0.3) is 0 Å². The normalized spacial score (nSPS) is 10.7. The van der Waals surface area contributed by atoms with Crippen LogP contribution in [0, 0.1) is 12.7 Å². The quantitative estimate of drug-likeness (QED) is 0.904. The highest BCUT2D eigenvalue weighted by Gasteiger charge is 2.07. The number of aryl methyl sites for hydroxylation is 1. The van der Waals surface area contributed by atoms with Crippen molar-refractivity contribution < 1.29 is 8.81 Å². The van der Waals surface area contributed by atoms with Crippen LogP contribution in [-0.4, -0.2) is 7.05 Å². The van der Waals surface area contributed by atoms with E-state index in [9.17, 15) is 4.39 Å². The second-order valence-electron chi connectivity index (χ2n) is 4.39. The SMILES string of the molecule is Cc1ccc(CN(C)c2cc(F)cc(CN)c2)o1. The van der Waals surface area contributed by atoms with Gasteiger partial charge in [-0.1, -0.05) is 0 Å². The van der Waals surface area contributed by atoms with Gasteiger partial charge in [-0.25, -0.2) is 4.39 Å². The van der Waals surface area contributed by atoms with Gasteiger partial charge in [-0.2, -0.15) is 0 Å². The van der Waals surface area contributed by atoms with Crippen LogP contribution in [-0.2, 0) is 13.1 Å². The van der Waals surface area contributed by atoms with Crippen molar-refractivity contribution in [1.29, 1.82) is 0 Å². The zero-order valence-corrected chi connectivity index (χ0v) is 10.6. The Kier molecular flexibility index (Phi) is 3.67. The minimum absolute atomic E-state index is 0.268. The van der Waals surface area contributed by atoms with E-state index in [1.54, 1.807) is 0 Å². The molecule has 1 heterocycles. The maximum atomic E-state index is 13.4. The smallest absolute Gasteiger partial charge is 0.125 e. The van der Waals surface area contributed by atoms with Gasteiger partial charge in [-0.3, -0.25) is 0 Å². The third kappa shape index (κ3) is 2.90. The van der Waals surface area contributed by atoms with E-state index in [2.05, 4.69) is 0 Å². The molecule has 0 bridgehead atoms. The van der Waals surface area contributed by atoms with E-state index in [1.165, 1.54) is 12.1 Å². The molecule has 96 valence electrons. The monoisotopic (exact) mass is 248 g/mol. The third-order valence-electron chi connectivity index (χ3n) is 2.81. The zero-order valence-electron chi connectivity index (χ0n) is 10.6. The highest BCUT2D eigenvalue weighted by molar-refractivity contribution is 5.48. The first kappa shape index (κ1) is 12.6. The minimum atomic E-state index is -0.268. The number of nitrogens with zero attached hydrogens (tertiary/aromatic N) is 1. The molecule has 0 saturated carbocycles. The Labute approximate surface area is 106 Å². The topological polar surface area (TPSA) is 42.4 Å². The number of hydrogen-bond donors (Lipinski definition) is 1. The maximum Gasteiger partial charge on any atom is 0.125 e. The molecule has 4 heteroatoms. The summed E-state index contributed by atoms with van der Waals surface area (Å²) in [4.78, 5) is 1.93. The summed E-state index contributed by atoms with van der Waals surface area (Å²) in [5.74, 6) is 1.46. The number of furan rings is 1. The van der Waals surface area contributed by atoms with E-state index in [0.717, 1.165) is 22.8 Å². The van der Waals surface area contributed by atoms with Gasteiger partial charge >= 0.3 is 0 Å². The van der Waals surface area contributed by atoms with Crippen LogP contribution in [0.4, 0.5) is 10.1 Å². The van der Waals surface area contributed by atoms with Crippen LogP contribution < -0.4 is 10.6 Å². The lowest BCUT2D eigenvalue weighted by Crippen LogP contribution is -2.16. The van der Waals surface area contributed by atoms with Gasteiger partial charge in [0.05, 0.1) is 6.54 Å². The number of nitrogens with two attached hydrogens (primary N) is 1. The summed E-state index contributed by atoms with van der Waals surface area (Å²) in [6, 6.07) is 8.68. The zero-order chi connectivity index (χ0) is 13.1. The highest BCUT2D eigenvalue weighted by atomic mass is 19.1. The van der Waals surface area contributed by atoms with Gasteiger partial charge in [0.1, 0.15) is 17.3 Å². The van der Waals surface area contributed by atoms with Gasteiger partial charge in [-0.05, 0) is 42.8 Å². The van der Waals surface area contributed by atoms with Crippen LogP contribution in [0.25, 0.3) is 0 Å². The molecule has 0 aliphatic carbocycles. The molecule has 0 fully saturated rings. The molecule has 2 rings (SSSR count). The Bertz CT molecular complexity index is 536. The molecule has 0 aliphatic heterocycles. The molecule has 0 spiro atoms. The molecule has 0 unspecified atom stereocenters. The van der Waals surface area contributed by atoms with E-state index in [4.69, 9.17) is 10.2 Å². The van der Waals surface area contributed by atoms with Crippen molar-refractivity contribution in [3.05, 3.63) is 53.2 Å². The van der Waals surface area contributed by atoms with E-state index in [1.807, 2.05) is 37.1 Å². The van der Waals surface area contributed by atoms with E-state index < -0.39 is 0 Å². The fourth-order valence-electron chi connectivity index (χ4n) is 1.87. The molecule has 0 aliphatic rings. The molecule has 0 radical (unpaired) electrons. The molecule has 3 nitrogen and oxygen atoms in total. The minimum Gasteiger partial charge on any atom is -0.464 e. The van der Waals surface area contributed by atoms with Crippen LogP contribution in [0.1, 0.15) is 17.1 Å². The van der Waals surface area contributed by atoms with Crippen molar-refractivity contribution in [3.8, 4) is 0 Å². The summed E-state index contributed by atoms with van der Waals surface area (Å²) in [7, 11) is 1.90. The lowest BCUT2D eigenvalue weighted by Gasteiger charge is -2.18. The Morgan fingerprint density at radius 3 is 2.67 bits per heavy atom. The van der Waals surface area contributed by atoms with Crippen molar-refractivity contribution in [2.75, 3.05) is 11.9 Å². The van der Waals surface area contributed by atoms with Gasteiger partial charge < -0.3 is 15.1 Å². The second kappa shape index (κ2) is 5.23. The Morgan fingerprint density at radius 2 is 2.06 bits per heavy atom. The lowest BCUT2D eigenvalue weighted by atomic mass is 10.2. The molecule has 0 saturated heterocycles. The molecule has 2 aromatic rings. The van der Waals surface area contributed by atoms with Crippen molar-refractivity contribution in [3.63, 3.8) is 0 Å². The van der Waals surface area contributed by atoms with Crippen LogP contribution >= 0.6 is 0 Å². The van der Waals surface area contributed by atoms with Crippen LogP contribution in [0.2, 0.25) is 0 Å².